The minimum atomic E-state index is -1.01. The van der Waals surface area contributed by atoms with Gasteiger partial charge in [0.25, 0.3) is 0 Å². The van der Waals surface area contributed by atoms with Crippen LogP contribution in [0.4, 0.5) is 17.3 Å². The van der Waals surface area contributed by atoms with Crippen molar-refractivity contribution in [1.29, 1.82) is 0 Å². The number of nitrogens with one attached hydrogen (secondary N) is 2. The lowest BCUT2D eigenvalue weighted by Gasteiger charge is -2.24. The summed E-state index contributed by atoms with van der Waals surface area (Å²) in [6.45, 7) is 6.56. The number of anilines is 3. The summed E-state index contributed by atoms with van der Waals surface area (Å²) in [5, 5.41) is 16.9. The Balaban J connectivity index is 1.46. The number of carboxylic acids is 1. The van der Waals surface area contributed by atoms with E-state index in [0.29, 0.717) is 42.2 Å². The van der Waals surface area contributed by atoms with Gasteiger partial charge in [-0.05, 0) is 62.6 Å². The van der Waals surface area contributed by atoms with E-state index in [-0.39, 0.29) is 17.0 Å². The smallest absolute Gasteiger partial charge is 0.337 e. The van der Waals surface area contributed by atoms with Crippen molar-refractivity contribution in [1.82, 2.24) is 0 Å². The molecule has 0 fully saturated rings. The number of fused-ring (bicyclic) bond motifs is 2. The van der Waals surface area contributed by atoms with Crippen molar-refractivity contribution in [3.8, 4) is 5.75 Å². The second-order valence-electron chi connectivity index (χ2n) is 9.86. The summed E-state index contributed by atoms with van der Waals surface area (Å²) in [5.74, 6) is 0.357. The van der Waals surface area contributed by atoms with Gasteiger partial charge in [-0.15, -0.1) is 0 Å². The van der Waals surface area contributed by atoms with Gasteiger partial charge in [0.1, 0.15) is 11.3 Å². The van der Waals surface area contributed by atoms with Gasteiger partial charge in [0.15, 0.2) is 11.3 Å². The van der Waals surface area contributed by atoms with E-state index in [4.69, 9.17) is 9.15 Å². The highest BCUT2D eigenvalue weighted by Gasteiger charge is 2.20. The summed E-state index contributed by atoms with van der Waals surface area (Å²) in [5.41, 5.74) is 3.79. The normalized spacial score (nSPS) is 14.9. The Labute approximate surface area is 227 Å². The molecule has 3 aromatic carbocycles. The fourth-order valence-corrected chi connectivity index (χ4v) is 5.01. The molecule has 0 radical (unpaired) electrons. The topological polar surface area (TPSA) is 104 Å². The third kappa shape index (κ3) is 5.85. The molecule has 5 rings (SSSR count). The number of aromatic carboxylic acids is 1. The highest BCUT2D eigenvalue weighted by atomic mass is 16.5. The zero-order chi connectivity index (χ0) is 27.4. The largest absolute Gasteiger partial charge is 0.491 e. The quantitative estimate of drug-likeness (QED) is 0.288. The zero-order valence-corrected chi connectivity index (χ0v) is 22.2. The van der Waals surface area contributed by atoms with Crippen LogP contribution in [-0.4, -0.2) is 37.3 Å². The Morgan fingerprint density at radius 1 is 1.05 bits per heavy atom. The number of carbonyl (C=O) groups is 1. The number of rotatable bonds is 5. The van der Waals surface area contributed by atoms with Gasteiger partial charge in [-0.25, -0.2) is 4.79 Å². The molecule has 8 heteroatoms. The average Bonchev–Trinajstić information content (AvgIpc) is 2.97. The Bertz CT molecular complexity index is 1520. The van der Waals surface area contributed by atoms with Gasteiger partial charge in [0.2, 0.25) is 0 Å². The van der Waals surface area contributed by atoms with Crippen LogP contribution in [0, 0.1) is 6.92 Å². The number of hydrogen-bond donors (Lipinski definition) is 3. The Morgan fingerprint density at radius 2 is 1.82 bits per heavy atom. The first kappa shape index (κ1) is 26.2. The molecule has 4 aromatic rings. The molecule has 0 spiro atoms. The second-order valence-corrected chi connectivity index (χ2v) is 9.86. The van der Waals surface area contributed by atoms with Crippen molar-refractivity contribution in [2.75, 3.05) is 41.8 Å². The average molecular weight is 528 g/mol. The lowest BCUT2D eigenvalue weighted by atomic mass is 10.0. The third-order valence-electron chi connectivity index (χ3n) is 6.93. The maximum atomic E-state index is 13.3. The number of carboxylic acid groups (broad SMARTS) is 1. The lowest BCUT2D eigenvalue weighted by molar-refractivity contribution is 0.0698. The molecular formula is C31H33N3O5. The first-order chi connectivity index (χ1) is 18.9. The van der Waals surface area contributed by atoms with Gasteiger partial charge >= 0.3 is 5.97 Å². The monoisotopic (exact) mass is 527 g/mol. The van der Waals surface area contributed by atoms with Gasteiger partial charge in [-0.3, -0.25) is 4.79 Å². The fraction of sp³-hybridized carbons (Fsp3) is 0.290. The van der Waals surface area contributed by atoms with Crippen LogP contribution in [0.25, 0.3) is 11.0 Å². The van der Waals surface area contributed by atoms with E-state index in [1.165, 1.54) is 0 Å². The van der Waals surface area contributed by atoms with Crippen molar-refractivity contribution in [2.24, 2.45) is 0 Å². The number of nitrogens with zero attached hydrogens (tertiary/aromatic N) is 1. The maximum absolute atomic E-state index is 13.3. The molecule has 39 heavy (non-hydrogen) atoms. The van der Waals surface area contributed by atoms with Crippen molar-refractivity contribution in [3.63, 3.8) is 0 Å². The summed E-state index contributed by atoms with van der Waals surface area (Å²) < 4.78 is 12.5. The number of aryl methyl sites for hydroxylation is 1. The molecule has 0 bridgehead atoms. The molecule has 1 aromatic heterocycles. The molecule has 0 saturated heterocycles. The summed E-state index contributed by atoms with van der Waals surface area (Å²) in [6.07, 6.45) is 1.61. The van der Waals surface area contributed by atoms with E-state index in [9.17, 15) is 14.7 Å². The van der Waals surface area contributed by atoms with Crippen molar-refractivity contribution >= 4 is 34.2 Å². The van der Waals surface area contributed by atoms with Crippen LogP contribution in [0.2, 0.25) is 0 Å². The molecule has 2 heterocycles. The molecule has 202 valence electrons. The molecule has 3 N–H and O–H groups in total. The van der Waals surface area contributed by atoms with Crippen LogP contribution in [-0.2, 0) is 0 Å². The number of para-hydroxylation sites is 3. The van der Waals surface area contributed by atoms with E-state index < -0.39 is 5.97 Å². The highest BCUT2D eigenvalue weighted by Crippen LogP contribution is 2.31. The molecule has 1 aliphatic heterocycles. The molecule has 1 aliphatic rings. The van der Waals surface area contributed by atoms with E-state index in [0.717, 1.165) is 42.0 Å². The van der Waals surface area contributed by atoms with E-state index in [1.54, 1.807) is 30.3 Å². The zero-order valence-electron chi connectivity index (χ0n) is 22.2. The van der Waals surface area contributed by atoms with E-state index in [1.807, 2.05) is 50.2 Å². The minimum absolute atomic E-state index is 0.106. The van der Waals surface area contributed by atoms with Crippen molar-refractivity contribution in [2.45, 2.75) is 32.7 Å². The standard InChI is InChI=1S/C31H33N3O5/c1-20-17-23(21(2)33-25-10-4-3-9-22(25)31(36)37)30-24(18-20)27(35)19-29(39-30)34-14-7-13-32-26-11-5-6-12-28(26)38-16-8-15-34/h3-6,9-12,17-19,21,32-33H,7-8,13-16H2,1-2H3,(H,36,37). The van der Waals surface area contributed by atoms with E-state index in [2.05, 4.69) is 15.5 Å². The molecule has 1 unspecified atom stereocenters. The van der Waals surface area contributed by atoms with Crippen LogP contribution < -0.4 is 25.7 Å². The van der Waals surface area contributed by atoms with Gasteiger partial charge in [0, 0.05) is 37.0 Å². The van der Waals surface area contributed by atoms with Crippen LogP contribution >= 0.6 is 0 Å². The predicted molar refractivity (Wildman–Crippen MR) is 155 cm³/mol. The van der Waals surface area contributed by atoms with Gasteiger partial charge in [-0.2, -0.15) is 0 Å². The molecule has 8 nitrogen and oxygen atoms in total. The molecular weight excluding hydrogens is 494 g/mol. The molecule has 0 saturated carbocycles. The van der Waals surface area contributed by atoms with Crippen molar-refractivity contribution < 1.29 is 19.1 Å². The second kappa shape index (κ2) is 11.5. The highest BCUT2D eigenvalue weighted by molar-refractivity contribution is 5.94. The summed E-state index contributed by atoms with van der Waals surface area (Å²) in [4.78, 5) is 27.2. The fourth-order valence-electron chi connectivity index (χ4n) is 5.01. The Kier molecular flexibility index (Phi) is 7.72. The summed E-state index contributed by atoms with van der Waals surface area (Å²) in [7, 11) is 0. The van der Waals surface area contributed by atoms with Crippen LogP contribution in [0.1, 0.15) is 47.3 Å². The van der Waals surface area contributed by atoms with Crippen molar-refractivity contribution in [3.05, 3.63) is 93.6 Å². The molecule has 0 aliphatic carbocycles. The molecule has 0 amide bonds. The van der Waals surface area contributed by atoms with Gasteiger partial charge in [0.05, 0.1) is 29.3 Å². The predicted octanol–water partition coefficient (Wildman–Crippen LogP) is 6.06. The summed E-state index contributed by atoms with van der Waals surface area (Å²) in [6, 6.07) is 19.8. The number of benzene rings is 3. The van der Waals surface area contributed by atoms with Crippen LogP contribution in [0.5, 0.6) is 5.75 Å². The first-order valence-corrected chi connectivity index (χ1v) is 13.3. The molecule has 1 atom stereocenters. The maximum Gasteiger partial charge on any atom is 0.337 e. The number of ether oxygens (including phenoxy) is 1. The first-order valence-electron chi connectivity index (χ1n) is 13.3. The van der Waals surface area contributed by atoms with Crippen LogP contribution in [0.15, 0.2) is 75.9 Å². The van der Waals surface area contributed by atoms with Gasteiger partial charge in [-0.1, -0.05) is 30.3 Å². The van der Waals surface area contributed by atoms with Crippen LogP contribution in [0.3, 0.4) is 0 Å². The Morgan fingerprint density at radius 3 is 2.67 bits per heavy atom. The SMILES string of the molecule is Cc1cc(C(C)Nc2ccccc2C(=O)O)c2oc(N3CCCNc4ccccc4OCCC3)cc(=O)c2c1. The lowest BCUT2D eigenvalue weighted by Crippen LogP contribution is -2.28. The Hall–Kier alpha value is -4.46. The third-order valence-corrected chi connectivity index (χ3v) is 6.93. The summed E-state index contributed by atoms with van der Waals surface area (Å²) >= 11 is 0. The van der Waals surface area contributed by atoms with Gasteiger partial charge < -0.3 is 29.8 Å². The minimum Gasteiger partial charge on any atom is -0.491 e. The van der Waals surface area contributed by atoms with E-state index >= 15 is 0 Å². The number of hydrogen-bond acceptors (Lipinski definition) is 7.